The third-order valence-electron chi connectivity index (χ3n) is 7.59. The Morgan fingerprint density at radius 2 is 2.09 bits per heavy atom. The second-order valence-electron chi connectivity index (χ2n) is 8.94. The number of likely N-dealkylation sites (tertiary alicyclic amines) is 1. The number of carboxylic acids is 1. The van der Waals surface area contributed by atoms with Crippen LogP contribution < -0.4 is 9.47 Å². The van der Waals surface area contributed by atoms with Crippen LogP contribution in [0.25, 0.3) is 0 Å². The number of benzene rings is 1. The zero-order chi connectivity index (χ0) is 22.8. The number of carboxylic acid groups (broad SMARTS) is 1. The molecule has 0 aromatic heterocycles. The van der Waals surface area contributed by atoms with Gasteiger partial charge in [-0.05, 0) is 36.8 Å². The molecule has 3 unspecified atom stereocenters. The summed E-state index contributed by atoms with van der Waals surface area (Å²) in [5.41, 5.74) is 1.72. The smallest absolute Gasteiger partial charge is 0.339 e. The summed E-state index contributed by atoms with van der Waals surface area (Å²) in [6.45, 7) is 0.395. The average molecular weight is 447 g/mol. The predicted molar refractivity (Wildman–Crippen MR) is 106 cm³/mol. The van der Waals surface area contributed by atoms with E-state index in [0.717, 1.165) is 11.1 Å². The van der Waals surface area contributed by atoms with E-state index >= 15 is 0 Å². The molecule has 2 heterocycles. The SMILES string of the molecule is COc1ccc2c3c1O[C@H]1C(=O)CCC4[C@@H](C2)N(COC(=O)C(O)C(O)C(=O)O)CC[C@@]341. The van der Waals surface area contributed by atoms with Gasteiger partial charge in [-0.15, -0.1) is 0 Å². The first-order valence-electron chi connectivity index (χ1n) is 10.7. The fourth-order valence-corrected chi connectivity index (χ4v) is 6.21. The third-order valence-corrected chi connectivity index (χ3v) is 7.59. The summed E-state index contributed by atoms with van der Waals surface area (Å²) in [7, 11) is 1.58. The average Bonchev–Trinajstić information content (AvgIpc) is 3.13. The molecular weight excluding hydrogens is 422 g/mol. The standard InChI is InChI=1S/C22H25NO9/c1-30-14-5-2-10-8-12-11-3-4-13(24)19-22(11,15(10)18(14)32-19)6-7-23(12)9-31-21(29)17(26)16(25)20(27)28/h2,5,11-12,16-17,19,25-26H,3-4,6-9H2,1H3,(H,27,28)/t11?,12-,16?,17?,19+,22+/m1/s1. The number of carbonyl (C=O) groups is 3. The third kappa shape index (κ3) is 2.79. The normalized spacial score (nSPS) is 31.8. The van der Waals surface area contributed by atoms with Crippen LogP contribution in [-0.4, -0.2) is 82.7 Å². The van der Waals surface area contributed by atoms with Gasteiger partial charge in [-0.25, -0.2) is 9.59 Å². The summed E-state index contributed by atoms with van der Waals surface area (Å²) in [4.78, 5) is 37.7. The number of hydrogen-bond acceptors (Lipinski definition) is 9. The number of ether oxygens (including phenoxy) is 3. The highest BCUT2D eigenvalue weighted by atomic mass is 16.6. The lowest BCUT2D eigenvalue weighted by molar-refractivity contribution is -0.176. The number of carbonyl (C=O) groups excluding carboxylic acids is 2. The summed E-state index contributed by atoms with van der Waals surface area (Å²) in [6.07, 6.45) is -2.53. The van der Waals surface area contributed by atoms with Gasteiger partial charge in [0.2, 0.25) is 0 Å². The van der Waals surface area contributed by atoms with Crippen molar-refractivity contribution in [2.24, 2.45) is 5.92 Å². The molecule has 0 amide bonds. The van der Waals surface area contributed by atoms with E-state index in [9.17, 15) is 24.6 Å². The molecule has 4 aliphatic rings. The second-order valence-corrected chi connectivity index (χ2v) is 8.94. The number of methoxy groups -OCH3 is 1. The molecule has 1 saturated carbocycles. The van der Waals surface area contributed by atoms with E-state index in [1.54, 1.807) is 7.11 Å². The fourth-order valence-electron chi connectivity index (χ4n) is 6.21. The van der Waals surface area contributed by atoms with Gasteiger partial charge in [0.1, 0.15) is 6.73 Å². The van der Waals surface area contributed by atoms with Crippen LogP contribution in [0.4, 0.5) is 0 Å². The second kappa shape index (κ2) is 7.43. The highest BCUT2D eigenvalue weighted by Crippen LogP contribution is 2.63. The van der Waals surface area contributed by atoms with Gasteiger partial charge >= 0.3 is 11.9 Å². The molecule has 10 heteroatoms. The van der Waals surface area contributed by atoms with Crippen LogP contribution in [0.3, 0.4) is 0 Å². The zero-order valence-electron chi connectivity index (χ0n) is 17.5. The van der Waals surface area contributed by atoms with Gasteiger partial charge in [-0.3, -0.25) is 9.69 Å². The number of nitrogens with zero attached hydrogens (tertiary/aromatic N) is 1. The number of rotatable bonds is 6. The predicted octanol–water partition coefficient (Wildman–Crippen LogP) is -0.389. The molecule has 0 radical (unpaired) electrons. The lowest BCUT2D eigenvalue weighted by atomic mass is 9.51. The van der Waals surface area contributed by atoms with E-state index in [-0.39, 0.29) is 24.5 Å². The molecule has 172 valence electrons. The molecule has 1 spiro atoms. The number of esters is 1. The van der Waals surface area contributed by atoms with Gasteiger partial charge in [-0.2, -0.15) is 0 Å². The zero-order valence-corrected chi connectivity index (χ0v) is 17.5. The highest BCUT2D eigenvalue weighted by molar-refractivity contribution is 5.89. The van der Waals surface area contributed by atoms with Crippen LogP contribution in [0.15, 0.2) is 12.1 Å². The minimum absolute atomic E-state index is 0.0101. The molecule has 10 nitrogen and oxygen atoms in total. The van der Waals surface area contributed by atoms with E-state index in [4.69, 9.17) is 19.3 Å². The molecule has 2 aliphatic carbocycles. The van der Waals surface area contributed by atoms with Crippen molar-refractivity contribution in [1.29, 1.82) is 0 Å². The Labute approximate surface area is 183 Å². The Morgan fingerprint density at radius 3 is 2.81 bits per heavy atom. The van der Waals surface area contributed by atoms with Gasteiger partial charge in [0.25, 0.3) is 0 Å². The fraction of sp³-hybridized carbons (Fsp3) is 0.591. The topological polar surface area (TPSA) is 143 Å². The summed E-state index contributed by atoms with van der Waals surface area (Å²) in [6, 6.07) is 3.83. The van der Waals surface area contributed by atoms with Crippen molar-refractivity contribution in [2.75, 3.05) is 20.4 Å². The van der Waals surface area contributed by atoms with Gasteiger partial charge in [-0.1, -0.05) is 6.07 Å². The van der Waals surface area contributed by atoms with Crippen molar-refractivity contribution in [2.45, 2.75) is 55.5 Å². The summed E-state index contributed by atoms with van der Waals surface area (Å²) in [5.74, 6) is -1.39. The molecule has 1 aromatic carbocycles. The molecule has 1 aromatic rings. The van der Waals surface area contributed by atoms with Crippen molar-refractivity contribution in [3.05, 3.63) is 23.3 Å². The monoisotopic (exact) mass is 447 g/mol. The molecule has 1 saturated heterocycles. The minimum atomic E-state index is -2.25. The first-order valence-corrected chi connectivity index (χ1v) is 10.7. The summed E-state index contributed by atoms with van der Waals surface area (Å²) >= 11 is 0. The number of aliphatic hydroxyl groups excluding tert-OH is 2. The minimum Gasteiger partial charge on any atom is -0.493 e. The Morgan fingerprint density at radius 1 is 1.31 bits per heavy atom. The van der Waals surface area contributed by atoms with Crippen LogP contribution in [0.2, 0.25) is 0 Å². The van der Waals surface area contributed by atoms with E-state index in [1.165, 1.54) is 0 Å². The van der Waals surface area contributed by atoms with Crippen LogP contribution in [0.5, 0.6) is 11.5 Å². The van der Waals surface area contributed by atoms with E-state index in [2.05, 4.69) is 0 Å². The van der Waals surface area contributed by atoms with Crippen molar-refractivity contribution < 1.29 is 43.9 Å². The van der Waals surface area contributed by atoms with Gasteiger partial charge in [0, 0.05) is 30.0 Å². The maximum atomic E-state index is 12.9. The highest BCUT2D eigenvalue weighted by Gasteiger charge is 2.66. The summed E-state index contributed by atoms with van der Waals surface area (Å²) in [5, 5.41) is 27.9. The number of ketones is 1. The molecule has 2 fully saturated rings. The lowest BCUT2D eigenvalue weighted by Crippen LogP contribution is -2.66. The van der Waals surface area contributed by atoms with Crippen LogP contribution in [0.1, 0.15) is 30.4 Å². The number of hydrogen-bond donors (Lipinski definition) is 3. The van der Waals surface area contributed by atoms with Crippen molar-refractivity contribution in [3.8, 4) is 11.5 Å². The molecule has 32 heavy (non-hydrogen) atoms. The van der Waals surface area contributed by atoms with Crippen molar-refractivity contribution in [3.63, 3.8) is 0 Å². The number of aliphatic hydroxyl groups is 2. The Kier molecular flexibility index (Phi) is 4.92. The first-order chi connectivity index (χ1) is 15.3. The van der Waals surface area contributed by atoms with Crippen molar-refractivity contribution >= 4 is 17.7 Å². The quantitative estimate of drug-likeness (QED) is 0.494. The van der Waals surface area contributed by atoms with Crippen LogP contribution in [0, 0.1) is 5.92 Å². The summed E-state index contributed by atoms with van der Waals surface area (Å²) < 4.78 is 16.9. The Bertz CT molecular complexity index is 994. The molecule has 3 N–H and O–H groups in total. The van der Waals surface area contributed by atoms with E-state index in [1.807, 2.05) is 17.0 Å². The maximum absolute atomic E-state index is 12.9. The first kappa shape index (κ1) is 21.2. The molecule has 2 aliphatic heterocycles. The number of aliphatic carboxylic acids is 1. The van der Waals surface area contributed by atoms with Gasteiger partial charge in [0.15, 0.2) is 35.6 Å². The Balaban J connectivity index is 1.42. The Hall–Kier alpha value is -2.69. The van der Waals surface area contributed by atoms with Gasteiger partial charge < -0.3 is 29.5 Å². The van der Waals surface area contributed by atoms with Crippen LogP contribution >= 0.6 is 0 Å². The molecule has 5 rings (SSSR count). The van der Waals surface area contributed by atoms with Gasteiger partial charge in [0.05, 0.1) is 7.11 Å². The largest absolute Gasteiger partial charge is 0.493 e. The number of piperidine rings is 1. The van der Waals surface area contributed by atoms with Crippen LogP contribution in [-0.2, 0) is 31.0 Å². The molecule has 2 bridgehead atoms. The number of Topliss-reactive ketones (excluding diaryl/α,β-unsaturated/α-hetero) is 1. The van der Waals surface area contributed by atoms with Crippen molar-refractivity contribution in [1.82, 2.24) is 4.90 Å². The molecule has 6 atom stereocenters. The maximum Gasteiger partial charge on any atom is 0.339 e. The lowest BCUT2D eigenvalue weighted by Gasteiger charge is -2.57. The van der Waals surface area contributed by atoms with E-state index < -0.39 is 35.7 Å². The molecular formula is C22H25NO9. The van der Waals surface area contributed by atoms with E-state index in [0.29, 0.717) is 43.7 Å².